The third-order valence-corrected chi connectivity index (χ3v) is 4.41. The van der Waals surface area contributed by atoms with Crippen LogP contribution in [0.25, 0.3) is 0 Å². The van der Waals surface area contributed by atoms with E-state index in [1.54, 1.807) is 0 Å². The van der Waals surface area contributed by atoms with Gasteiger partial charge in [0.2, 0.25) is 0 Å². The first-order valence-electron chi connectivity index (χ1n) is 5.34. The van der Waals surface area contributed by atoms with Crippen molar-refractivity contribution in [3.8, 4) is 0 Å². The van der Waals surface area contributed by atoms with Crippen molar-refractivity contribution in [1.29, 1.82) is 0 Å². The van der Waals surface area contributed by atoms with Crippen molar-refractivity contribution in [2.45, 2.75) is 25.4 Å². The summed E-state index contributed by atoms with van der Waals surface area (Å²) in [7, 11) is 0. The fourth-order valence-corrected chi connectivity index (χ4v) is 3.64. The van der Waals surface area contributed by atoms with Gasteiger partial charge in [-0.2, -0.15) is 11.8 Å². The van der Waals surface area contributed by atoms with Gasteiger partial charge in [0.1, 0.15) is 0 Å². The smallest absolute Gasteiger partial charge is 0.0595 e. The maximum absolute atomic E-state index is 9.87. The molecule has 3 heteroatoms. The molecule has 0 aromatic heterocycles. The van der Waals surface area contributed by atoms with Gasteiger partial charge in [0, 0.05) is 12.5 Å². The van der Waals surface area contributed by atoms with E-state index in [0.717, 1.165) is 25.4 Å². The van der Waals surface area contributed by atoms with Crippen molar-refractivity contribution in [2.75, 3.05) is 24.6 Å². The fraction of sp³-hybridized carbons (Fsp3) is 1.00. The van der Waals surface area contributed by atoms with E-state index in [-0.39, 0.29) is 6.10 Å². The minimum absolute atomic E-state index is 0.0330. The average Bonchev–Trinajstić information content (AvgIpc) is 2.20. The molecule has 0 saturated carbocycles. The highest BCUT2D eigenvalue weighted by molar-refractivity contribution is 7.99. The summed E-state index contributed by atoms with van der Waals surface area (Å²) in [4.78, 5) is 0. The molecule has 2 aliphatic rings. The number of hydrogen-bond acceptors (Lipinski definition) is 3. The maximum atomic E-state index is 9.87. The second kappa shape index (κ2) is 4.67. The lowest BCUT2D eigenvalue weighted by molar-refractivity contribution is 0.0436. The van der Waals surface area contributed by atoms with E-state index < -0.39 is 0 Å². The van der Waals surface area contributed by atoms with Gasteiger partial charge in [0.15, 0.2) is 0 Å². The highest BCUT2D eigenvalue weighted by atomic mass is 32.2. The molecule has 2 N–H and O–H groups in total. The zero-order chi connectivity index (χ0) is 9.10. The molecule has 2 atom stereocenters. The molecule has 0 bridgehead atoms. The highest BCUT2D eigenvalue weighted by Gasteiger charge is 2.31. The summed E-state index contributed by atoms with van der Waals surface area (Å²) in [6.07, 6.45) is 3.55. The number of aliphatic hydroxyl groups is 1. The first-order chi connectivity index (χ1) is 6.38. The summed E-state index contributed by atoms with van der Waals surface area (Å²) in [6, 6.07) is 0. The minimum Gasteiger partial charge on any atom is -0.393 e. The lowest BCUT2D eigenvalue weighted by Crippen LogP contribution is -2.44. The third kappa shape index (κ3) is 2.39. The summed E-state index contributed by atoms with van der Waals surface area (Å²) in [6.45, 7) is 2.04. The van der Waals surface area contributed by atoms with Gasteiger partial charge in [-0.1, -0.05) is 0 Å². The normalized spacial score (nSPS) is 37.6. The Balaban J connectivity index is 1.88. The summed E-state index contributed by atoms with van der Waals surface area (Å²) in [5, 5.41) is 13.3. The number of nitrogens with one attached hydrogen (secondary N) is 1. The molecule has 2 fully saturated rings. The zero-order valence-corrected chi connectivity index (χ0v) is 8.85. The molecular formula is C10H19NOS. The van der Waals surface area contributed by atoms with Crippen LogP contribution in [0.3, 0.4) is 0 Å². The van der Waals surface area contributed by atoms with Gasteiger partial charge in [0.05, 0.1) is 6.10 Å². The molecule has 2 aliphatic heterocycles. The zero-order valence-electron chi connectivity index (χ0n) is 8.04. The van der Waals surface area contributed by atoms with Gasteiger partial charge in [-0.3, -0.25) is 0 Å². The molecule has 0 amide bonds. The lowest BCUT2D eigenvalue weighted by atomic mass is 9.81. The Labute approximate surface area is 84.5 Å². The second-order valence-electron chi connectivity index (χ2n) is 4.17. The summed E-state index contributed by atoms with van der Waals surface area (Å²) in [5.41, 5.74) is 0. The van der Waals surface area contributed by atoms with Crippen molar-refractivity contribution in [3.05, 3.63) is 0 Å². The van der Waals surface area contributed by atoms with E-state index in [1.807, 2.05) is 0 Å². The third-order valence-electron chi connectivity index (χ3n) is 3.36. The second-order valence-corrected chi connectivity index (χ2v) is 5.40. The minimum atomic E-state index is -0.0330. The van der Waals surface area contributed by atoms with Gasteiger partial charge in [-0.05, 0) is 43.2 Å². The van der Waals surface area contributed by atoms with Crippen LogP contribution in [-0.2, 0) is 0 Å². The molecule has 0 spiro atoms. The molecule has 2 nitrogen and oxygen atoms in total. The van der Waals surface area contributed by atoms with E-state index >= 15 is 0 Å². The molecule has 2 unspecified atom stereocenters. The van der Waals surface area contributed by atoms with Crippen LogP contribution in [0.4, 0.5) is 0 Å². The average molecular weight is 201 g/mol. The van der Waals surface area contributed by atoms with Gasteiger partial charge in [-0.25, -0.2) is 0 Å². The van der Waals surface area contributed by atoms with Crippen molar-refractivity contribution in [1.82, 2.24) is 5.32 Å². The number of aliphatic hydroxyl groups excluding tert-OH is 1. The molecule has 0 aromatic rings. The summed E-state index contributed by atoms with van der Waals surface area (Å²) >= 11 is 2.06. The van der Waals surface area contributed by atoms with Crippen LogP contribution in [0.15, 0.2) is 0 Å². The van der Waals surface area contributed by atoms with Crippen molar-refractivity contribution in [2.24, 2.45) is 11.8 Å². The van der Waals surface area contributed by atoms with Gasteiger partial charge < -0.3 is 10.4 Å². The molecule has 2 heterocycles. The summed E-state index contributed by atoms with van der Waals surface area (Å²) in [5.74, 6) is 3.92. The van der Waals surface area contributed by atoms with Crippen LogP contribution in [0, 0.1) is 11.8 Å². The molecular weight excluding hydrogens is 182 g/mol. The largest absolute Gasteiger partial charge is 0.393 e. The topological polar surface area (TPSA) is 32.3 Å². The molecule has 2 saturated heterocycles. The van der Waals surface area contributed by atoms with Crippen molar-refractivity contribution >= 4 is 11.8 Å². The number of hydrogen-bond donors (Lipinski definition) is 2. The number of thioether (sulfide) groups is 1. The quantitative estimate of drug-likeness (QED) is 0.666. The van der Waals surface area contributed by atoms with E-state index in [2.05, 4.69) is 17.1 Å². The molecule has 0 radical (unpaired) electrons. The standard InChI is InChI=1S/C10H19NOS/c12-10-1-4-11-7-9(10)8-2-5-13-6-3-8/h8-12H,1-7H2. The SMILES string of the molecule is OC1CCNCC1C1CCSCC1. The molecule has 0 aromatic carbocycles. The van der Waals surface area contributed by atoms with Crippen LogP contribution in [-0.4, -0.2) is 35.8 Å². The van der Waals surface area contributed by atoms with Crippen LogP contribution in [0.5, 0.6) is 0 Å². The van der Waals surface area contributed by atoms with E-state index in [4.69, 9.17) is 0 Å². The predicted octanol–water partition coefficient (Wildman–Crippen LogP) is 1.10. The molecule has 0 aliphatic carbocycles. The molecule has 2 rings (SSSR count). The Kier molecular flexibility index (Phi) is 3.52. The van der Waals surface area contributed by atoms with E-state index in [1.165, 1.54) is 24.3 Å². The summed E-state index contributed by atoms with van der Waals surface area (Å²) < 4.78 is 0. The van der Waals surface area contributed by atoms with Gasteiger partial charge in [0.25, 0.3) is 0 Å². The number of piperidine rings is 1. The number of rotatable bonds is 1. The Hall–Kier alpha value is 0.270. The first kappa shape index (κ1) is 9.81. The van der Waals surface area contributed by atoms with Gasteiger partial charge in [-0.15, -0.1) is 0 Å². The molecule has 13 heavy (non-hydrogen) atoms. The van der Waals surface area contributed by atoms with Crippen LogP contribution in [0.2, 0.25) is 0 Å². The Bertz CT molecular complexity index is 159. The van der Waals surface area contributed by atoms with Crippen LogP contribution < -0.4 is 5.32 Å². The van der Waals surface area contributed by atoms with E-state index in [9.17, 15) is 5.11 Å². The fourth-order valence-electron chi connectivity index (χ4n) is 2.49. The van der Waals surface area contributed by atoms with E-state index in [0.29, 0.717) is 5.92 Å². The Morgan fingerprint density at radius 3 is 2.62 bits per heavy atom. The van der Waals surface area contributed by atoms with Crippen LogP contribution in [0.1, 0.15) is 19.3 Å². The predicted molar refractivity (Wildman–Crippen MR) is 57.0 cm³/mol. The first-order valence-corrected chi connectivity index (χ1v) is 6.50. The Morgan fingerprint density at radius 1 is 1.15 bits per heavy atom. The maximum Gasteiger partial charge on any atom is 0.0595 e. The van der Waals surface area contributed by atoms with Crippen LogP contribution >= 0.6 is 11.8 Å². The molecule has 76 valence electrons. The monoisotopic (exact) mass is 201 g/mol. The Morgan fingerprint density at radius 2 is 1.92 bits per heavy atom. The van der Waals surface area contributed by atoms with Crippen molar-refractivity contribution in [3.63, 3.8) is 0 Å². The van der Waals surface area contributed by atoms with Gasteiger partial charge >= 0.3 is 0 Å². The highest BCUT2D eigenvalue weighted by Crippen LogP contribution is 2.32. The lowest BCUT2D eigenvalue weighted by Gasteiger charge is -2.36. The van der Waals surface area contributed by atoms with Crippen molar-refractivity contribution < 1.29 is 5.11 Å².